The molecule has 0 spiro atoms. The molecule has 6 nitrogen and oxygen atoms in total. The molecule has 2 fully saturated rings. The Balaban J connectivity index is 1.87. The van der Waals surface area contributed by atoms with Gasteiger partial charge in [0.1, 0.15) is 11.7 Å². The number of carboxylic acid groups (broad SMARTS) is 1. The number of hydrogen-bond acceptors (Lipinski definition) is 4. The lowest BCUT2D eigenvalue weighted by molar-refractivity contribution is 0.0684. The average Bonchev–Trinajstić information content (AvgIpc) is 2.94. The van der Waals surface area contributed by atoms with Gasteiger partial charge in [-0.1, -0.05) is 0 Å². The number of nitrogens with one attached hydrogen (secondary N) is 1. The van der Waals surface area contributed by atoms with Crippen LogP contribution in [0.15, 0.2) is 6.20 Å². The highest BCUT2D eigenvalue weighted by atomic mass is 16.5. The maximum absolute atomic E-state index is 11.5. The fourth-order valence-electron chi connectivity index (χ4n) is 3.06. The molecular formula is C14H21N3O3. The van der Waals surface area contributed by atoms with Crippen molar-refractivity contribution in [1.82, 2.24) is 15.1 Å². The molecule has 1 atom stereocenters. The molecule has 1 aromatic rings. The van der Waals surface area contributed by atoms with E-state index in [9.17, 15) is 9.90 Å². The van der Waals surface area contributed by atoms with Gasteiger partial charge in [0.05, 0.1) is 5.69 Å². The van der Waals surface area contributed by atoms with E-state index in [1.807, 2.05) is 4.68 Å². The summed E-state index contributed by atoms with van der Waals surface area (Å²) in [6.45, 7) is 2.36. The number of aromatic nitrogens is 2. The summed E-state index contributed by atoms with van der Waals surface area (Å²) in [5.74, 6) is -0.673. The van der Waals surface area contributed by atoms with Crippen LogP contribution in [0.4, 0.5) is 0 Å². The highest BCUT2D eigenvalue weighted by Crippen LogP contribution is 2.29. The zero-order chi connectivity index (χ0) is 13.9. The zero-order valence-electron chi connectivity index (χ0n) is 11.5. The average molecular weight is 279 g/mol. The highest BCUT2D eigenvalue weighted by molar-refractivity contribution is 5.88. The van der Waals surface area contributed by atoms with E-state index in [2.05, 4.69) is 10.4 Å². The predicted octanol–water partition coefficient (Wildman–Crippen LogP) is 1.75. The first-order valence-electron chi connectivity index (χ1n) is 7.39. The van der Waals surface area contributed by atoms with E-state index in [0.29, 0.717) is 18.8 Å². The molecule has 0 bridgehead atoms. The van der Waals surface area contributed by atoms with Gasteiger partial charge in [-0.25, -0.2) is 4.79 Å². The Morgan fingerprint density at radius 1 is 1.35 bits per heavy atom. The van der Waals surface area contributed by atoms with Crippen LogP contribution >= 0.6 is 0 Å². The van der Waals surface area contributed by atoms with Gasteiger partial charge in [-0.15, -0.1) is 0 Å². The Morgan fingerprint density at radius 3 is 2.80 bits per heavy atom. The molecule has 1 aromatic heterocycles. The number of aromatic carboxylic acids is 1. The molecule has 2 saturated heterocycles. The van der Waals surface area contributed by atoms with Gasteiger partial charge in [-0.2, -0.15) is 5.10 Å². The van der Waals surface area contributed by atoms with Gasteiger partial charge in [0.2, 0.25) is 0 Å². The number of rotatable bonds is 3. The third kappa shape index (κ3) is 2.71. The van der Waals surface area contributed by atoms with E-state index in [-0.39, 0.29) is 12.1 Å². The van der Waals surface area contributed by atoms with E-state index < -0.39 is 5.97 Å². The number of ether oxygens (including phenoxy) is 1. The lowest BCUT2D eigenvalue weighted by atomic mass is 9.94. The molecule has 0 amide bonds. The lowest BCUT2D eigenvalue weighted by Gasteiger charge is -2.24. The summed E-state index contributed by atoms with van der Waals surface area (Å²) in [6.07, 6.45) is 6.88. The van der Waals surface area contributed by atoms with Gasteiger partial charge < -0.3 is 9.84 Å². The zero-order valence-corrected chi connectivity index (χ0v) is 11.5. The van der Waals surface area contributed by atoms with E-state index in [4.69, 9.17) is 4.74 Å². The standard InChI is InChI=1S/C14H21N3O3/c18-14(19)11-9-17(12-3-1-2-6-15-12)16-13(11)10-4-7-20-8-5-10/h9-10,12,15H,1-8H2,(H,18,19)/t12-/m0/s1. The molecule has 6 heteroatoms. The minimum Gasteiger partial charge on any atom is -0.478 e. The first-order valence-corrected chi connectivity index (χ1v) is 7.39. The lowest BCUT2D eigenvalue weighted by Crippen LogP contribution is -2.31. The molecule has 110 valence electrons. The smallest absolute Gasteiger partial charge is 0.339 e. The van der Waals surface area contributed by atoms with Gasteiger partial charge in [-0.05, 0) is 38.6 Å². The van der Waals surface area contributed by atoms with Crippen molar-refractivity contribution in [2.45, 2.75) is 44.2 Å². The van der Waals surface area contributed by atoms with Crippen molar-refractivity contribution in [3.63, 3.8) is 0 Å². The topological polar surface area (TPSA) is 76.4 Å². The van der Waals surface area contributed by atoms with Crippen LogP contribution in [-0.2, 0) is 4.74 Å². The van der Waals surface area contributed by atoms with Gasteiger partial charge in [0.25, 0.3) is 0 Å². The predicted molar refractivity (Wildman–Crippen MR) is 72.9 cm³/mol. The quantitative estimate of drug-likeness (QED) is 0.881. The van der Waals surface area contributed by atoms with Gasteiger partial charge in [0.15, 0.2) is 0 Å². The minimum atomic E-state index is -0.881. The van der Waals surface area contributed by atoms with Gasteiger partial charge in [0, 0.05) is 25.3 Å². The maximum Gasteiger partial charge on any atom is 0.339 e. The Bertz CT molecular complexity index is 474. The number of hydrogen-bond donors (Lipinski definition) is 2. The molecule has 20 heavy (non-hydrogen) atoms. The molecule has 2 aliphatic heterocycles. The molecule has 2 aliphatic rings. The summed E-state index contributed by atoms with van der Waals surface area (Å²) in [5, 5.41) is 17.4. The van der Waals surface area contributed by atoms with E-state index in [1.54, 1.807) is 6.20 Å². The molecule has 3 rings (SSSR count). The SMILES string of the molecule is O=C(O)c1cn([C@H]2CCCCN2)nc1C1CCOCC1. The van der Waals surface area contributed by atoms with Crippen molar-refractivity contribution in [2.24, 2.45) is 0 Å². The van der Waals surface area contributed by atoms with Crippen molar-refractivity contribution < 1.29 is 14.6 Å². The fraction of sp³-hybridized carbons (Fsp3) is 0.714. The molecule has 0 aromatic carbocycles. The molecule has 2 N–H and O–H groups in total. The molecule has 0 radical (unpaired) electrons. The summed E-state index contributed by atoms with van der Waals surface area (Å²) in [6, 6.07) is 0. The van der Waals surface area contributed by atoms with Crippen LogP contribution in [0.2, 0.25) is 0 Å². The van der Waals surface area contributed by atoms with Crippen LogP contribution < -0.4 is 5.32 Å². The van der Waals surface area contributed by atoms with Crippen LogP contribution in [0.5, 0.6) is 0 Å². The second-order valence-electron chi connectivity index (χ2n) is 5.57. The van der Waals surface area contributed by atoms with Crippen LogP contribution in [0.3, 0.4) is 0 Å². The van der Waals surface area contributed by atoms with Crippen LogP contribution in [0.25, 0.3) is 0 Å². The largest absolute Gasteiger partial charge is 0.478 e. The Morgan fingerprint density at radius 2 is 2.15 bits per heavy atom. The first kappa shape index (κ1) is 13.6. The van der Waals surface area contributed by atoms with E-state index >= 15 is 0 Å². The van der Waals surface area contributed by atoms with Crippen LogP contribution in [0.1, 0.15) is 60.2 Å². The Hall–Kier alpha value is -1.40. The van der Waals surface area contributed by atoms with Gasteiger partial charge in [-0.3, -0.25) is 10.00 Å². The monoisotopic (exact) mass is 279 g/mol. The second-order valence-corrected chi connectivity index (χ2v) is 5.57. The summed E-state index contributed by atoms with van der Waals surface area (Å²) in [7, 11) is 0. The van der Waals surface area contributed by atoms with Crippen molar-refractivity contribution in [2.75, 3.05) is 19.8 Å². The summed E-state index contributed by atoms with van der Waals surface area (Å²) in [5.41, 5.74) is 1.08. The van der Waals surface area contributed by atoms with Crippen molar-refractivity contribution in [3.8, 4) is 0 Å². The second kappa shape index (κ2) is 5.93. The third-order valence-corrected chi connectivity index (χ3v) is 4.20. The minimum absolute atomic E-state index is 0.135. The third-order valence-electron chi connectivity index (χ3n) is 4.20. The van der Waals surface area contributed by atoms with Crippen molar-refractivity contribution in [1.29, 1.82) is 0 Å². The summed E-state index contributed by atoms with van der Waals surface area (Å²) in [4.78, 5) is 11.5. The Labute approximate surface area is 118 Å². The number of piperidine rings is 1. The van der Waals surface area contributed by atoms with Crippen molar-refractivity contribution in [3.05, 3.63) is 17.5 Å². The highest BCUT2D eigenvalue weighted by Gasteiger charge is 2.27. The molecule has 3 heterocycles. The Kier molecular flexibility index (Phi) is 4.03. The van der Waals surface area contributed by atoms with Crippen molar-refractivity contribution >= 4 is 5.97 Å². The summed E-state index contributed by atoms with van der Waals surface area (Å²) >= 11 is 0. The maximum atomic E-state index is 11.5. The normalized spacial score (nSPS) is 24.7. The van der Waals surface area contributed by atoms with Gasteiger partial charge >= 0.3 is 5.97 Å². The number of nitrogens with zero attached hydrogens (tertiary/aromatic N) is 2. The summed E-state index contributed by atoms with van der Waals surface area (Å²) < 4.78 is 7.16. The molecule has 0 saturated carbocycles. The fourth-order valence-corrected chi connectivity index (χ4v) is 3.06. The van der Waals surface area contributed by atoms with E-state index in [1.165, 1.54) is 6.42 Å². The number of carbonyl (C=O) groups is 1. The van der Waals surface area contributed by atoms with Crippen LogP contribution in [-0.4, -0.2) is 40.6 Å². The molecule has 0 aliphatic carbocycles. The molecular weight excluding hydrogens is 258 g/mol. The van der Waals surface area contributed by atoms with Crippen LogP contribution in [0, 0.1) is 0 Å². The molecule has 0 unspecified atom stereocenters. The first-order chi connectivity index (χ1) is 9.75. The van der Waals surface area contributed by atoms with E-state index in [0.717, 1.165) is 37.9 Å². The number of carboxylic acids is 1.